The van der Waals surface area contributed by atoms with Crippen LogP contribution < -0.4 is 0 Å². The number of hydrogen-bond acceptors (Lipinski definition) is 3. The van der Waals surface area contributed by atoms with E-state index in [1.165, 1.54) is 17.6 Å². The highest BCUT2D eigenvalue weighted by atomic mass is 19.4. The summed E-state index contributed by atoms with van der Waals surface area (Å²) in [7, 11) is 0. The minimum absolute atomic E-state index is 0.315. The summed E-state index contributed by atoms with van der Waals surface area (Å²) in [4.78, 5) is 0. The molecule has 7 heteroatoms. The Kier molecular flexibility index (Phi) is 2.53. The summed E-state index contributed by atoms with van der Waals surface area (Å²) in [6, 6.07) is 4.97. The van der Waals surface area contributed by atoms with Crippen LogP contribution >= 0.6 is 0 Å². The minimum atomic E-state index is -4.74. The number of alkyl halides is 3. The molecule has 0 unspecified atom stereocenters. The van der Waals surface area contributed by atoms with Crippen LogP contribution in [0.3, 0.4) is 0 Å². The predicted molar refractivity (Wildman–Crippen MR) is 54.3 cm³/mol. The van der Waals surface area contributed by atoms with E-state index in [0.717, 1.165) is 0 Å². The molecule has 0 saturated heterocycles. The highest BCUT2D eigenvalue weighted by Gasteiger charge is 2.40. The molecular formula is C10H8F3N3O. The average molecular weight is 243 g/mol. The number of pyridine rings is 1. The Labute approximate surface area is 94.0 Å². The van der Waals surface area contributed by atoms with Crippen molar-refractivity contribution >= 4 is 11.2 Å². The van der Waals surface area contributed by atoms with E-state index in [2.05, 4.69) is 10.3 Å². The van der Waals surface area contributed by atoms with E-state index >= 15 is 0 Å². The van der Waals surface area contributed by atoms with Crippen LogP contribution in [0.2, 0.25) is 0 Å². The number of oxime groups is 1. The maximum absolute atomic E-state index is 12.6. The lowest BCUT2D eigenvalue weighted by Gasteiger charge is -2.05. The third-order valence-corrected chi connectivity index (χ3v) is 2.38. The second kappa shape index (κ2) is 3.76. The highest BCUT2D eigenvalue weighted by Crippen LogP contribution is 2.25. The van der Waals surface area contributed by atoms with Crippen molar-refractivity contribution in [1.82, 2.24) is 9.61 Å². The molecule has 90 valence electrons. The molecule has 2 aromatic rings. The Morgan fingerprint density at radius 2 is 2.12 bits per heavy atom. The molecule has 0 radical (unpaired) electrons. The van der Waals surface area contributed by atoms with Crippen molar-refractivity contribution in [3.8, 4) is 0 Å². The summed E-state index contributed by atoms with van der Waals surface area (Å²) in [6.45, 7) is 1.49. The van der Waals surface area contributed by atoms with E-state index in [-0.39, 0.29) is 5.69 Å². The van der Waals surface area contributed by atoms with Crippen molar-refractivity contribution in [2.24, 2.45) is 5.16 Å². The summed E-state index contributed by atoms with van der Waals surface area (Å²) in [5, 5.41) is 14.5. The van der Waals surface area contributed by atoms with Gasteiger partial charge < -0.3 is 5.21 Å². The van der Waals surface area contributed by atoms with Gasteiger partial charge in [0.2, 0.25) is 5.71 Å². The van der Waals surface area contributed by atoms with Gasteiger partial charge in [0.05, 0.1) is 5.52 Å². The smallest absolute Gasteiger partial charge is 0.410 e. The van der Waals surface area contributed by atoms with Gasteiger partial charge in [-0.2, -0.15) is 18.3 Å². The zero-order chi connectivity index (χ0) is 12.6. The second-order valence-corrected chi connectivity index (χ2v) is 3.45. The van der Waals surface area contributed by atoms with Gasteiger partial charge in [0.25, 0.3) is 0 Å². The van der Waals surface area contributed by atoms with Crippen LogP contribution in [-0.2, 0) is 0 Å². The molecule has 0 aliphatic heterocycles. The SMILES string of the molecule is Cc1c(/C(=N/O)C(F)(F)F)nn2ccccc12. The predicted octanol–water partition coefficient (Wildman–Crippen LogP) is 2.38. The van der Waals surface area contributed by atoms with Crippen LogP contribution in [-0.4, -0.2) is 26.7 Å². The lowest BCUT2D eigenvalue weighted by molar-refractivity contribution is -0.0603. The van der Waals surface area contributed by atoms with Crippen molar-refractivity contribution in [2.45, 2.75) is 13.1 Å². The first kappa shape index (κ1) is 11.4. The molecule has 0 amide bonds. The van der Waals surface area contributed by atoms with Gasteiger partial charge in [0.15, 0.2) is 0 Å². The molecule has 2 rings (SSSR count). The van der Waals surface area contributed by atoms with E-state index in [4.69, 9.17) is 5.21 Å². The zero-order valence-corrected chi connectivity index (χ0v) is 8.73. The van der Waals surface area contributed by atoms with E-state index in [1.807, 2.05) is 0 Å². The third-order valence-electron chi connectivity index (χ3n) is 2.38. The number of nitrogens with zero attached hydrogens (tertiary/aromatic N) is 3. The highest BCUT2D eigenvalue weighted by molar-refractivity contribution is 6.04. The van der Waals surface area contributed by atoms with Crippen LogP contribution in [0.1, 0.15) is 11.3 Å². The van der Waals surface area contributed by atoms with E-state index in [1.54, 1.807) is 18.2 Å². The maximum Gasteiger partial charge on any atom is 0.438 e. The average Bonchev–Trinajstić information content (AvgIpc) is 2.56. The van der Waals surface area contributed by atoms with Crippen molar-refractivity contribution in [2.75, 3.05) is 0 Å². The molecule has 2 heterocycles. The first-order valence-corrected chi connectivity index (χ1v) is 4.68. The molecule has 0 saturated carbocycles. The molecule has 2 aromatic heterocycles. The molecule has 0 aliphatic rings. The molecule has 4 nitrogen and oxygen atoms in total. The van der Waals surface area contributed by atoms with Crippen LogP contribution in [0.15, 0.2) is 29.6 Å². The quantitative estimate of drug-likeness (QED) is 0.475. The Morgan fingerprint density at radius 3 is 2.65 bits per heavy atom. The van der Waals surface area contributed by atoms with Crippen molar-refractivity contribution in [3.05, 3.63) is 35.7 Å². The lowest BCUT2D eigenvalue weighted by Crippen LogP contribution is -2.25. The summed E-state index contributed by atoms with van der Waals surface area (Å²) in [5.74, 6) is 0. The fourth-order valence-electron chi connectivity index (χ4n) is 1.59. The first-order chi connectivity index (χ1) is 7.95. The molecule has 0 aliphatic carbocycles. The van der Waals surface area contributed by atoms with Gasteiger partial charge in [-0.1, -0.05) is 11.2 Å². The minimum Gasteiger partial charge on any atom is -0.410 e. The van der Waals surface area contributed by atoms with Gasteiger partial charge in [0.1, 0.15) is 5.69 Å². The normalized spacial score (nSPS) is 13.3. The maximum atomic E-state index is 12.6. The second-order valence-electron chi connectivity index (χ2n) is 3.45. The van der Waals surface area contributed by atoms with Gasteiger partial charge in [-0.3, -0.25) is 0 Å². The van der Waals surface area contributed by atoms with Crippen LogP contribution in [0.25, 0.3) is 5.52 Å². The number of fused-ring (bicyclic) bond motifs is 1. The van der Waals surface area contributed by atoms with Gasteiger partial charge in [-0.15, -0.1) is 0 Å². The summed E-state index contributed by atoms with van der Waals surface area (Å²) >= 11 is 0. The van der Waals surface area contributed by atoms with Crippen molar-refractivity contribution < 1.29 is 18.4 Å². The number of hydrogen-bond donors (Lipinski definition) is 1. The zero-order valence-electron chi connectivity index (χ0n) is 8.73. The summed E-state index contributed by atoms with van der Waals surface area (Å²) < 4.78 is 39.0. The molecule has 0 atom stereocenters. The number of aromatic nitrogens is 2. The van der Waals surface area contributed by atoms with Crippen LogP contribution in [0.5, 0.6) is 0 Å². The summed E-state index contributed by atoms with van der Waals surface area (Å²) in [5.41, 5.74) is -0.909. The van der Waals surface area contributed by atoms with Crippen LogP contribution in [0.4, 0.5) is 13.2 Å². The molecule has 0 fully saturated rings. The molecular weight excluding hydrogens is 235 g/mol. The van der Waals surface area contributed by atoms with Gasteiger partial charge >= 0.3 is 6.18 Å². The third kappa shape index (κ3) is 1.83. The van der Waals surface area contributed by atoms with Gasteiger partial charge in [0, 0.05) is 11.8 Å². The molecule has 17 heavy (non-hydrogen) atoms. The summed E-state index contributed by atoms with van der Waals surface area (Å²) in [6.07, 6.45) is -3.21. The Morgan fingerprint density at radius 1 is 1.41 bits per heavy atom. The Hall–Kier alpha value is -2.05. The largest absolute Gasteiger partial charge is 0.438 e. The number of aryl methyl sites for hydroxylation is 1. The topological polar surface area (TPSA) is 49.9 Å². The van der Waals surface area contributed by atoms with Crippen LogP contribution in [0, 0.1) is 6.92 Å². The molecule has 1 N–H and O–H groups in total. The fourth-order valence-corrected chi connectivity index (χ4v) is 1.59. The van der Waals surface area contributed by atoms with E-state index < -0.39 is 11.9 Å². The van der Waals surface area contributed by atoms with E-state index in [9.17, 15) is 13.2 Å². The Balaban J connectivity index is 2.68. The number of halogens is 3. The van der Waals surface area contributed by atoms with Crippen molar-refractivity contribution in [1.29, 1.82) is 0 Å². The molecule has 0 spiro atoms. The molecule has 0 aromatic carbocycles. The van der Waals surface area contributed by atoms with Crippen molar-refractivity contribution in [3.63, 3.8) is 0 Å². The fraction of sp³-hybridized carbons (Fsp3) is 0.200. The lowest BCUT2D eigenvalue weighted by atomic mass is 10.1. The standard InChI is InChI=1S/C10H8F3N3O/c1-6-7-4-2-3-5-16(7)14-8(6)9(15-17)10(11,12)13/h2-5,17H,1H3/b15-9-. The molecule has 0 bridgehead atoms. The van der Waals surface area contributed by atoms with Gasteiger partial charge in [-0.05, 0) is 19.1 Å². The van der Waals surface area contributed by atoms with E-state index in [0.29, 0.717) is 11.1 Å². The van der Waals surface area contributed by atoms with Gasteiger partial charge in [-0.25, -0.2) is 4.52 Å². The Bertz CT molecular complexity index is 586. The first-order valence-electron chi connectivity index (χ1n) is 4.68. The monoisotopic (exact) mass is 243 g/mol. The number of rotatable bonds is 1.